The summed E-state index contributed by atoms with van der Waals surface area (Å²) >= 11 is 0. The summed E-state index contributed by atoms with van der Waals surface area (Å²) in [5.41, 5.74) is 1.19. The highest BCUT2D eigenvalue weighted by Crippen LogP contribution is 2.40. The molecule has 0 aliphatic carbocycles. The molecule has 0 saturated carbocycles. The minimum atomic E-state index is -2.61. The number of carbonyl (C=O) groups excluding carboxylic acids is 3. The molecule has 0 radical (unpaired) electrons. The van der Waals surface area contributed by atoms with Crippen molar-refractivity contribution in [2.24, 2.45) is 5.41 Å². The van der Waals surface area contributed by atoms with Crippen LogP contribution in [0, 0.1) is 5.41 Å². The lowest BCUT2D eigenvalue weighted by molar-refractivity contribution is -0.157. The van der Waals surface area contributed by atoms with E-state index < -0.39 is 52.4 Å². The molecule has 0 aliphatic heterocycles. The van der Waals surface area contributed by atoms with E-state index in [-0.39, 0.29) is 22.8 Å². The number of aliphatic hydroxyl groups excluding tert-OH is 1. The van der Waals surface area contributed by atoms with Crippen molar-refractivity contribution in [3.05, 3.63) is 82.9 Å². The van der Waals surface area contributed by atoms with Gasteiger partial charge in [0.25, 0.3) is 5.91 Å². The zero-order valence-electron chi connectivity index (χ0n) is 34.4. The highest BCUT2D eigenvalue weighted by atomic mass is 28.4. The second-order valence-electron chi connectivity index (χ2n) is 16.2. The molecule has 2 N–H and O–H groups in total. The van der Waals surface area contributed by atoms with Gasteiger partial charge < -0.3 is 24.0 Å². The first-order valence-corrected chi connectivity index (χ1v) is 24.4. The molecule has 0 aromatic heterocycles. The third-order valence-corrected chi connectivity index (χ3v) is 20.7. The van der Waals surface area contributed by atoms with Gasteiger partial charge in [-0.2, -0.15) is 0 Å². The van der Waals surface area contributed by atoms with Gasteiger partial charge in [0.15, 0.2) is 28.5 Å². The Morgan fingerprint density at radius 2 is 1.29 bits per heavy atom. The number of ether oxygens (including phenoxy) is 1. The second-order valence-corrected chi connectivity index (χ2v) is 25.7. The van der Waals surface area contributed by atoms with Crippen LogP contribution in [0.25, 0.3) is 0 Å². The Morgan fingerprint density at radius 3 is 1.75 bits per heavy atom. The van der Waals surface area contributed by atoms with E-state index in [1.807, 2.05) is 57.2 Å². The summed E-state index contributed by atoms with van der Waals surface area (Å²) in [5.74, 6) is -1.32. The molecule has 0 spiro atoms. The standard InChI is InChI=1S/C42H67NO7Si2/c1-15-34(49-52(16-2,17-3)18-4)42(11,12)38(45)36(44)30(6)29(5)31(7)48-40(47)37(50-51(13,14)41(8,9)10)35(32-25-21-19-22-26-32)43-39(46)33-27-23-20-24-28-33/h19-28,31,34-37,44H,15-18H2,1-14H3,(H,43,46)/b30-29+/t31-,34?,35-,36+,37+/m0/s1. The molecular weight excluding hydrogens is 687 g/mol. The van der Waals surface area contributed by atoms with Crippen LogP contribution in [0.3, 0.4) is 0 Å². The van der Waals surface area contributed by atoms with Crippen molar-refractivity contribution in [1.82, 2.24) is 5.32 Å². The van der Waals surface area contributed by atoms with Crippen LogP contribution in [0.4, 0.5) is 0 Å². The fourth-order valence-corrected chi connectivity index (χ4v) is 10.5. The van der Waals surface area contributed by atoms with Crippen molar-refractivity contribution in [3.63, 3.8) is 0 Å². The highest BCUT2D eigenvalue weighted by molar-refractivity contribution is 6.74. The summed E-state index contributed by atoms with van der Waals surface area (Å²) in [6.07, 6.45) is -3.08. The van der Waals surface area contributed by atoms with Gasteiger partial charge in [0.2, 0.25) is 0 Å². The number of rotatable bonds is 19. The van der Waals surface area contributed by atoms with E-state index in [0.717, 1.165) is 18.1 Å². The summed E-state index contributed by atoms with van der Waals surface area (Å²) in [4.78, 5) is 42.0. The van der Waals surface area contributed by atoms with Gasteiger partial charge in [-0.1, -0.05) is 111 Å². The largest absolute Gasteiger partial charge is 0.456 e. The minimum Gasteiger partial charge on any atom is -0.456 e. The number of amides is 1. The number of hydrogen-bond donors (Lipinski definition) is 2. The van der Waals surface area contributed by atoms with Crippen molar-refractivity contribution in [2.75, 3.05) is 0 Å². The quantitative estimate of drug-likeness (QED) is 0.0835. The van der Waals surface area contributed by atoms with E-state index in [9.17, 15) is 19.5 Å². The predicted molar refractivity (Wildman–Crippen MR) is 216 cm³/mol. The maximum atomic E-state index is 14.4. The smallest absolute Gasteiger partial charge is 0.337 e. The summed E-state index contributed by atoms with van der Waals surface area (Å²) in [7, 11) is -4.63. The Labute approximate surface area is 316 Å². The van der Waals surface area contributed by atoms with E-state index >= 15 is 0 Å². The van der Waals surface area contributed by atoms with Crippen LogP contribution in [-0.4, -0.2) is 63.8 Å². The lowest BCUT2D eigenvalue weighted by atomic mass is 9.77. The molecule has 0 saturated heterocycles. The average Bonchev–Trinajstić information content (AvgIpc) is 3.12. The number of carbonyl (C=O) groups is 3. The molecule has 2 aromatic rings. The van der Waals surface area contributed by atoms with Crippen LogP contribution in [-0.2, 0) is 23.2 Å². The number of aliphatic hydroxyl groups is 1. The van der Waals surface area contributed by atoms with E-state index in [0.29, 0.717) is 28.7 Å². The van der Waals surface area contributed by atoms with Crippen molar-refractivity contribution >= 4 is 34.3 Å². The first kappa shape index (κ1) is 45.3. The van der Waals surface area contributed by atoms with E-state index in [4.69, 9.17) is 13.6 Å². The normalized spacial score (nSPS) is 16.2. The molecule has 0 fully saturated rings. The van der Waals surface area contributed by atoms with Crippen molar-refractivity contribution in [3.8, 4) is 0 Å². The molecule has 10 heteroatoms. The maximum Gasteiger partial charge on any atom is 0.337 e. The second kappa shape index (κ2) is 18.9. The number of benzene rings is 2. The van der Waals surface area contributed by atoms with Crippen LogP contribution in [0.1, 0.15) is 111 Å². The summed E-state index contributed by atoms with van der Waals surface area (Å²) in [6.45, 7) is 27.8. The Bertz CT molecular complexity index is 1490. The van der Waals surface area contributed by atoms with Crippen molar-refractivity contribution in [1.29, 1.82) is 0 Å². The Morgan fingerprint density at radius 1 is 0.788 bits per heavy atom. The topological polar surface area (TPSA) is 111 Å². The van der Waals surface area contributed by atoms with Gasteiger partial charge in [0.05, 0.1) is 17.6 Å². The van der Waals surface area contributed by atoms with Crippen LogP contribution in [0.5, 0.6) is 0 Å². The summed E-state index contributed by atoms with van der Waals surface area (Å²) in [5, 5.41) is 14.4. The fraction of sp³-hybridized carbons (Fsp3) is 0.595. The Kier molecular flexibility index (Phi) is 16.5. The van der Waals surface area contributed by atoms with Gasteiger partial charge in [-0.15, -0.1) is 0 Å². The number of ketones is 1. The summed E-state index contributed by atoms with van der Waals surface area (Å²) < 4.78 is 19.8. The molecule has 5 atom stereocenters. The SMILES string of the molecule is CCC(O[Si](CC)(CC)CC)C(C)(C)C(=O)[C@H](O)/C(C)=C(\C)[C@H](C)OC(=O)[C@H](O[Si](C)(C)C(C)(C)C)[C@@H](NC(=O)c1ccccc1)c1ccccc1. The van der Waals surface area contributed by atoms with Gasteiger partial charge in [-0.05, 0) is 92.3 Å². The molecule has 0 aliphatic rings. The number of nitrogens with one attached hydrogen (secondary N) is 1. The zero-order valence-corrected chi connectivity index (χ0v) is 36.4. The molecule has 1 amide bonds. The fourth-order valence-electron chi connectivity index (χ4n) is 6.17. The van der Waals surface area contributed by atoms with E-state index in [1.54, 1.807) is 45.0 Å². The Hall–Kier alpha value is -2.90. The van der Waals surface area contributed by atoms with Crippen molar-refractivity contribution < 1.29 is 33.1 Å². The molecule has 290 valence electrons. The lowest BCUT2D eigenvalue weighted by Gasteiger charge is -2.41. The lowest BCUT2D eigenvalue weighted by Crippen LogP contribution is -2.52. The van der Waals surface area contributed by atoms with Crippen molar-refractivity contribution in [2.45, 2.75) is 156 Å². The van der Waals surface area contributed by atoms with Gasteiger partial charge in [0.1, 0.15) is 12.2 Å². The van der Waals surface area contributed by atoms with Crippen LogP contribution >= 0.6 is 0 Å². The van der Waals surface area contributed by atoms with Gasteiger partial charge in [-0.25, -0.2) is 4.79 Å². The first-order valence-electron chi connectivity index (χ1n) is 19.0. The maximum absolute atomic E-state index is 14.4. The molecule has 0 bridgehead atoms. The number of hydrogen-bond acceptors (Lipinski definition) is 7. The zero-order chi connectivity index (χ0) is 39.7. The molecule has 2 aromatic carbocycles. The molecular formula is C42H67NO7Si2. The third-order valence-electron chi connectivity index (χ3n) is 11.6. The number of esters is 1. The van der Waals surface area contributed by atoms with Gasteiger partial charge >= 0.3 is 5.97 Å². The molecule has 0 heterocycles. The predicted octanol–water partition coefficient (Wildman–Crippen LogP) is 9.57. The van der Waals surface area contributed by atoms with Crippen LogP contribution in [0.2, 0.25) is 36.3 Å². The van der Waals surface area contributed by atoms with Crippen LogP contribution in [0.15, 0.2) is 71.8 Å². The van der Waals surface area contributed by atoms with Crippen LogP contribution < -0.4 is 5.32 Å². The third kappa shape index (κ3) is 11.1. The molecule has 2 rings (SSSR count). The van der Waals surface area contributed by atoms with Gasteiger partial charge in [0, 0.05) is 5.56 Å². The van der Waals surface area contributed by atoms with Gasteiger partial charge in [-0.3, -0.25) is 9.59 Å². The monoisotopic (exact) mass is 753 g/mol. The summed E-state index contributed by atoms with van der Waals surface area (Å²) in [6, 6.07) is 20.2. The first-order chi connectivity index (χ1) is 24.1. The average molecular weight is 754 g/mol. The highest BCUT2D eigenvalue weighted by Gasteiger charge is 2.46. The molecule has 1 unspecified atom stereocenters. The Balaban J connectivity index is 2.50. The van der Waals surface area contributed by atoms with E-state index in [2.05, 4.69) is 60.0 Å². The molecule has 52 heavy (non-hydrogen) atoms. The number of Topliss-reactive ketones (excluding diaryl/α,β-unsaturated/α-hetero) is 1. The molecule has 8 nitrogen and oxygen atoms in total. The minimum absolute atomic E-state index is 0.251. The van der Waals surface area contributed by atoms with E-state index in [1.165, 1.54) is 0 Å².